The van der Waals surface area contributed by atoms with Gasteiger partial charge < -0.3 is 11.1 Å². The summed E-state index contributed by atoms with van der Waals surface area (Å²) in [6, 6.07) is 6.83. The molecule has 0 aliphatic rings. The first-order valence-corrected chi connectivity index (χ1v) is 6.30. The number of allylic oxidation sites excluding steroid dienone is 1. The molecule has 2 nitrogen and oxygen atoms in total. The van der Waals surface area contributed by atoms with Crippen LogP contribution in [0.1, 0.15) is 36.1 Å². The Morgan fingerprint density at radius 1 is 1.29 bits per heavy atom. The topological polar surface area (TPSA) is 38.0 Å². The standard InChI is InChI=1S/C15H24N2/c1-4-5-6-9-17-15(11-16)14-8-7-12(2)13(3)10-14/h4-5,7-8,10,15,17H,6,9,11,16H2,1-3H3/b5-4+. The predicted molar refractivity (Wildman–Crippen MR) is 75.1 cm³/mol. The Hall–Kier alpha value is -1.12. The smallest absolute Gasteiger partial charge is 0.0444 e. The maximum Gasteiger partial charge on any atom is 0.0444 e. The van der Waals surface area contributed by atoms with E-state index in [0.717, 1.165) is 13.0 Å². The summed E-state index contributed by atoms with van der Waals surface area (Å²) in [5.41, 5.74) is 9.78. The number of hydrogen-bond acceptors (Lipinski definition) is 2. The first-order valence-electron chi connectivity index (χ1n) is 6.30. The highest BCUT2D eigenvalue weighted by Gasteiger charge is 2.08. The van der Waals surface area contributed by atoms with E-state index in [1.54, 1.807) is 0 Å². The molecule has 2 heteroatoms. The molecule has 1 aromatic rings. The number of nitrogens with one attached hydrogen (secondary N) is 1. The molecule has 0 radical (unpaired) electrons. The lowest BCUT2D eigenvalue weighted by molar-refractivity contribution is 0.548. The van der Waals surface area contributed by atoms with Crippen LogP contribution in [-0.4, -0.2) is 13.1 Å². The Morgan fingerprint density at radius 3 is 2.65 bits per heavy atom. The fraction of sp³-hybridized carbons (Fsp3) is 0.467. The molecule has 0 saturated carbocycles. The zero-order valence-corrected chi connectivity index (χ0v) is 11.2. The van der Waals surface area contributed by atoms with Gasteiger partial charge in [-0.15, -0.1) is 0 Å². The molecule has 1 rings (SSSR count). The van der Waals surface area contributed by atoms with Crippen LogP contribution in [0.4, 0.5) is 0 Å². The summed E-state index contributed by atoms with van der Waals surface area (Å²) in [5.74, 6) is 0. The van der Waals surface area contributed by atoms with Gasteiger partial charge in [-0.1, -0.05) is 30.4 Å². The van der Waals surface area contributed by atoms with Crippen LogP contribution >= 0.6 is 0 Å². The molecule has 0 saturated heterocycles. The van der Waals surface area contributed by atoms with Crippen molar-refractivity contribution >= 4 is 0 Å². The van der Waals surface area contributed by atoms with Gasteiger partial charge in [-0.05, 0) is 50.4 Å². The second kappa shape index (κ2) is 7.25. The molecule has 0 spiro atoms. The van der Waals surface area contributed by atoms with Crippen LogP contribution in [0.3, 0.4) is 0 Å². The van der Waals surface area contributed by atoms with Crippen LogP contribution < -0.4 is 11.1 Å². The Bertz CT molecular complexity index is 369. The minimum absolute atomic E-state index is 0.263. The molecule has 0 heterocycles. The third-order valence-electron chi connectivity index (χ3n) is 3.11. The average molecular weight is 232 g/mol. The summed E-state index contributed by atoms with van der Waals surface area (Å²) in [4.78, 5) is 0. The molecule has 1 aromatic carbocycles. The van der Waals surface area contributed by atoms with E-state index in [1.807, 2.05) is 6.92 Å². The van der Waals surface area contributed by atoms with E-state index in [9.17, 15) is 0 Å². The molecular formula is C15H24N2. The molecule has 17 heavy (non-hydrogen) atoms. The molecule has 3 N–H and O–H groups in total. The number of benzene rings is 1. The Balaban J connectivity index is 2.62. The van der Waals surface area contributed by atoms with Crippen LogP contribution in [0.25, 0.3) is 0 Å². The van der Waals surface area contributed by atoms with Crippen molar-refractivity contribution in [3.8, 4) is 0 Å². The molecule has 0 aliphatic heterocycles. The third-order valence-corrected chi connectivity index (χ3v) is 3.11. The number of nitrogens with two attached hydrogens (primary N) is 1. The van der Waals surface area contributed by atoms with Gasteiger partial charge in [0.05, 0.1) is 0 Å². The highest BCUT2D eigenvalue weighted by molar-refractivity contribution is 5.31. The first kappa shape index (κ1) is 13.9. The van der Waals surface area contributed by atoms with Crippen molar-refractivity contribution in [3.63, 3.8) is 0 Å². The summed E-state index contributed by atoms with van der Waals surface area (Å²) in [6.45, 7) is 7.93. The summed E-state index contributed by atoms with van der Waals surface area (Å²) in [6.07, 6.45) is 5.30. The largest absolute Gasteiger partial charge is 0.329 e. The molecule has 0 aliphatic carbocycles. The Kier molecular flexibility index (Phi) is 5.95. The van der Waals surface area contributed by atoms with Gasteiger partial charge in [0, 0.05) is 12.6 Å². The van der Waals surface area contributed by atoms with E-state index >= 15 is 0 Å². The van der Waals surface area contributed by atoms with Crippen LogP contribution in [0, 0.1) is 13.8 Å². The van der Waals surface area contributed by atoms with Gasteiger partial charge in [0.25, 0.3) is 0 Å². The van der Waals surface area contributed by atoms with E-state index in [1.165, 1.54) is 16.7 Å². The number of aryl methyl sites for hydroxylation is 2. The Morgan fingerprint density at radius 2 is 2.06 bits per heavy atom. The monoisotopic (exact) mass is 232 g/mol. The molecule has 94 valence electrons. The molecule has 0 amide bonds. The van der Waals surface area contributed by atoms with Gasteiger partial charge in [-0.25, -0.2) is 0 Å². The van der Waals surface area contributed by atoms with Crippen LogP contribution in [0.2, 0.25) is 0 Å². The fourth-order valence-electron chi connectivity index (χ4n) is 1.83. The van der Waals surface area contributed by atoms with Gasteiger partial charge in [-0.2, -0.15) is 0 Å². The minimum Gasteiger partial charge on any atom is -0.329 e. The van der Waals surface area contributed by atoms with Crippen molar-refractivity contribution in [1.29, 1.82) is 0 Å². The minimum atomic E-state index is 0.263. The van der Waals surface area contributed by atoms with Gasteiger partial charge >= 0.3 is 0 Å². The fourth-order valence-corrected chi connectivity index (χ4v) is 1.83. The lowest BCUT2D eigenvalue weighted by Crippen LogP contribution is -2.28. The predicted octanol–water partition coefficient (Wildman–Crippen LogP) is 2.86. The van der Waals surface area contributed by atoms with Gasteiger partial charge in [-0.3, -0.25) is 0 Å². The van der Waals surface area contributed by atoms with Gasteiger partial charge in [0.15, 0.2) is 0 Å². The number of rotatable bonds is 6. The normalized spacial score (nSPS) is 13.2. The summed E-state index contributed by atoms with van der Waals surface area (Å²) < 4.78 is 0. The van der Waals surface area contributed by atoms with Crippen LogP contribution in [-0.2, 0) is 0 Å². The van der Waals surface area contributed by atoms with Gasteiger partial charge in [0.1, 0.15) is 0 Å². The average Bonchev–Trinajstić information content (AvgIpc) is 2.33. The van der Waals surface area contributed by atoms with Crippen LogP contribution in [0.5, 0.6) is 0 Å². The quantitative estimate of drug-likeness (QED) is 0.584. The maximum atomic E-state index is 5.83. The first-order chi connectivity index (χ1) is 8.19. The van der Waals surface area contributed by atoms with E-state index in [4.69, 9.17) is 5.73 Å². The van der Waals surface area contributed by atoms with Crippen molar-refractivity contribution in [3.05, 3.63) is 47.0 Å². The zero-order valence-electron chi connectivity index (χ0n) is 11.2. The highest BCUT2D eigenvalue weighted by atomic mass is 14.9. The summed E-state index contributed by atoms with van der Waals surface area (Å²) in [5, 5.41) is 3.49. The van der Waals surface area contributed by atoms with E-state index in [-0.39, 0.29) is 6.04 Å². The van der Waals surface area contributed by atoms with Crippen LogP contribution in [0.15, 0.2) is 30.4 Å². The molecule has 1 unspecified atom stereocenters. The maximum absolute atomic E-state index is 5.83. The Labute approximate surface area is 105 Å². The van der Waals surface area contributed by atoms with Crippen molar-refractivity contribution in [2.45, 2.75) is 33.2 Å². The lowest BCUT2D eigenvalue weighted by Gasteiger charge is -2.18. The number of hydrogen-bond donors (Lipinski definition) is 2. The van der Waals surface area contributed by atoms with Crippen molar-refractivity contribution in [2.24, 2.45) is 5.73 Å². The lowest BCUT2D eigenvalue weighted by atomic mass is 10.0. The van der Waals surface area contributed by atoms with Crippen molar-refractivity contribution in [1.82, 2.24) is 5.32 Å². The second-order valence-corrected chi connectivity index (χ2v) is 4.44. The highest BCUT2D eigenvalue weighted by Crippen LogP contribution is 2.16. The summed E-state index contributed by atoms with van der Waals surface area (Å²) >= 11 is 0. The van der Waals surface area contributed by atoms with Crippen molar-refractivity contribution < 1.29 is 0 Å². The van der Waals surface area contributed by atoms with E-state index < -0.39 is 0 Å². The van der Waals surface area contributed by atoms with E-state index in [2.05, 4.69) is 49.5 Å². The van der Waals surface area contributed by atoms with Crippen molar-refractivity contribution in [2.75, 3.05) is 13.1 Å². The summed E-state index contributed by atoms with van der Waals surface area (Å²) in [7, 11) is 0. The third kappa shape index (κ3) is 4.33. The van der Waals surface area contributed by atoms with Gasteiger partial charge in [0.2, 0.25) is 0 Å². The second-order valence-electron chi connectivity index (χ2n) is 4.44. The zero-order chi connectivity index (χ0) is 12.7. The molecule has 1 atom stereocenters. The molecule has 0 aromatic heterocycles. The SMILES string of the molecule is C/C=C/CCNC(CN)c1ccc(C)c(C)c1. The molecule has 0 fully saturated rings. The molecular weight excluding hydrogens is 208 g/mol. The van der Waals surface area contributed by atoms with E-state index in [0.29, 0.717) is 6.54 Å². The molecule has 0 bridgehead atoms.